The zero-order chi connectivity index (χ0) is 20.5. The van der Waals surface area contributed by atoms with Gasteiger partial charge in [0.25, 0.3) is 17.5 Å². The average molecular weight is 385 g/mol. The van der Waals surface area contributed by atoms with E-state index in [1.807, 2.05) is 6.07 Å². The molecule has 0 aliphatic rings. The number of carbonyl (C=O) groups is 3. The molecule has 9 nitrogen and oxygen atoms in total. The Labute approximate surface area is 160 Å². The first kappa shape index (κ1) is 20.6. The van der Waals surface area contributed by atoms with Crippen LogP contribution in [-0.2, 0) is 14.3 Å². The molecular formula is C19H19N3O6. The molecule has 146 valence electrons. The lowest BCUT2D eigenvalue weighted by molar-refractivity contribution is -0.384. The van der Waals surface area contributed by atoms with Gasteiger partial charge in [0, 0.05) is 29.9 Å². The number of nitrogens with one attached hydrogen (secondary N) is 2. The van der Waals surface area contributed by atoms with Crippen LogP contribution in [-0.4, -0.2) is 35.4 Å². The summed E-state index contributed by atoms with van der Waals surface area (Å²) in [4.78, 5) is 45.8. The third kappa shape index (κ3) is 6.20. The number of para-hydroxylation sites is 1. The maximum absolute atomic E-state index is 12.0. The molecule has 1 atom stereocenters. The van der Waals surface area contributed by atoms with Crippen molar-refractivity contribution < 1.29 is 24.0 Å². The highest BCUT2D eigenvalue weighted by Gasteiger charge is 2.18. The van der Waals surface area contributed by atoms with Gasteiger partial charge in [-0.25, -0.2) is 0 Å². The number of rotatable bonds is 8. The van der Waals surface area contributed by atoms with Crippen LogP contribution in [0.25, 0.3) is 0 Å². The van der Waals surface area contributed by atoms with E-state index in [-0.39, 0.29) is 24.2 Å². The van der Waals surface area contributed by atoms with Gasteiger partial charge in [-0.2, -0.15) is 0 Å². The van der Waals surface area contributed by atoms with Crippen molar-refractivity contribution in [2.45, 2.75) is 19.4 Å². The summed E-state index contributed by atoms with van der Waals surface area (Å²) in [5.74, 6) is -1.58. The van der Waals surface area contributed by atoms with Crippen LogP contribution in [0.15, 0.2) is 54.6 Å². The highest BCUT2D eigenvalue weighted by atomic mass is 16.6. The van der Waals surface area contributed by atoms with Crippen LogP contribution in [0.4, 0.5) is 11.4 Å². The van der Waals surface area contributed by atoms with Crippen molar-refractivity contribution in [2.75, 3.05) is 11.9 Å². The third-order valence-corrected chi connectivity index (χ3v) is 3.67. The molecule has 28 heavy (non-hydrogen) atoms. The van der Waals surface area contributed by atoms with Crippen molar-refractivity contribution in [1.29, 1.82) is 0 Å². The number of nitrogens with zero attached hydrogens (tertiary/aromatic N) is 1. The summed E-state index contributed by atoms with van der Waals surface area (Å²) in [5, 5.41) is 15.7. The second-order valence-corrected chi connectivity index (χ2v) is 5.80. The number of nitro groups is 1. The first-order valence-electron chi connectivity index (χ1n) is 8.45. The molecule has 0 saturated carbocycles. The van der Waals surface area contributed by atoms with Crippen molar-refractivity contribution in [1.82, 2.24) is 5.32 Å². The molecule has 2 amide bonds. The van der Waals surface area contributed by atoms with Crippen LogP contribution in [0, 0.1) is 10.1 Å². The molecule has 0 radical (unpaired) electrons. The lowest BCUT2D eigenvalue weighted by Gasteiger charge is -2.13. The molecule has 0 unspecified atom stereocenters. The monoisotopic (exact) mass is 385 g/mol. The second-order valence-electron chi connectivity index (χ2n) is 5.80. The quantitative estimate of drug-likeness (QED) is 0.408. The van der Waals surface area contributed by atoms with E-state index in [1.54, 1.807) is 24.3 Å². The van der Waals surface area contributed by atoms with Gasteiger partial charge in [-0.1, -0.05) is 18.2 Å². The number of amides is 2. The van der Waals surface area contributed by atoms with Gasteiger partial charge < -0.3 is 15.4 Å². The SMILES string of the molecule is C[C@@H](OC(=O)CCNC(=O)c1ccc([N+](=O)[O-])cc1)C(=O)Nc1ccccc1. The van der Waals surface area contributed by atoms with Crippen LogP contribution in [0.1, 0.15) is 23.7 Å². The van der Waals surface area contributed by atoms with E-state index in [1.165, 1.54) is 31.2 Å². The summed E-state index contributed by atoms with van der Waals surface area (Å²) < 4.78 is 5.04. The molecule has 0 bridgehead atoms. The van der Waals surface area contributed by atoms with Crippen LogP contribution in [0.3, 0.4) is 0 Å². The number of non-ortho nitro benzene ring substituents is 1. The molecular weight excluding hydrogens is 366 g/mol. The third-order valence-electron chi connectivity index (χ3n) is 3.67. The van der Waals surface area contributed by atoms with Gasteiger partial charge in [0.1, 0.15) is 0 Å². The van der Waals surface area contributed by atoms with Crippen molar-refractivity contribution >= 4 is 29.2 Å². The van der Waals surface area contributed by atoms with Crippen LogP contribution < -0.4 is 10.6 Å². The number of anilines is 1. The molecule has 0 aliphatic heterocycles. The second kappa shape index (κ2) is 9.81. The Morgan fingerprint density at radius 3 is 2.32 bits per heavy atom. The largest absolute Gasteiger partial charge is 0.452 e. The Balaban J connectivity index is 1.73. The smallest absolute Gasteiger partial charge is 0.308 e. The Kier molecular flexibility index (Phi) is 7.21. The molecule has 9 heteroatoms. The summed E-state index contributed by atoms with van der Waals surface area (Å²) in [6.45, 7) is 1.45. The normalized spacial score (nSPS) is 11.2. The molecule has 0 saturated heterocycles. The van der Waals surface area contributed by atoms with Crippen LogP contribution >= 0.6 is 0 Å². The predicted molar refractivity (Wildman–Crippen MR) is 101 cm³/mol. The highest BCUT2D eigenvalue weighted by molar-refractivity contribution is 5.95. The van der Waals surface area contributed by atoms with Crippen LogP contribution in [0.2, 0.25) is 0 Å². The number of nitro benzene ring substituents is 1. The summed E-state index contributed by atoms with van der Waals surface area (Å²) in [6, 6.07) is 13.8. The van der Waals surface area contributed by atoms with Crippen molar-refractivity contribution in [3.8, 4) is 0 Å². The van der Waals surface area contributed by atoms with E-state index in [2.05, 4.69) is 10.6 Å². The zero-order valence-electron chi connectivity index (χ0n) is 15.1. The molecule has 2 N–H and O–H groups in total. The fourth-order valence-electron chi connectivity index (χ4n) is 2.19. The molecule has 2 rings (SSSR count). The number of carbonyl (C=O) groups excluding carboxylic acids is 3. The lowest BCUT2D eigenvalue weighted by Crippen LogP contribution is -2.32. The Morgan fingerprint density at radius 1 is 1.07 bits per heavy atom. The molecule has 2 aromatic carbocycles. The van der Waals surface area contributed by atoms with Gasteiger partial charge >= 0.3 is 5.97 Å². The van der Waals surface area contributed by atoms with Crippen molar-refractivity contribution in [3.05, 3.63) is 70.3 Å². The molecule has 0 spiro atoms. The fourth-order valence-corrected chi connectivity index (χ4v) is 2.19. The van der Waals surface area contributed by atoms with Gasteiger partial charge in [-0.3, -0.25) is 24.5 Å². The number of hydrogen-bond acceptors (Lipinski definition) is 6. The summed E-state index contributed by atoms with van der Waals surface area (Å²) in [5.41, 5.74) is 0.697. The maximum Gasteiger partial charge on any atom is 0.308 e. The Bertz CT molecular complexity index is 852. The van der Waals surface area contributed by atoms with Crippen LogP contribution in [0.5, 0.6) is 0 Å². The van der Waals surface area contributed by atoms with Gasteiger partial charge in [0.15, 0.2) is 6.10 Å². The van der Waals surface area contributed by atoms with E-state index in [0.717, 1.165) is 0 Å². The summed E-state index contributed by atoms with van der Waals surface area (Å²) >= 11 is 0. The first-order chi connectivity index (χ1) is 13.4. The van der Waals surface area contributed by atoms with Gasteiger partial charge in [-0.15, -0.1) is 0 Å². The summed E-state index contributed by atoms with van der Waals surface area (Å²) in [6.07, 6.45) is -1.11. The van der Waals surface area contributed by atoms with Gasteiger partial charge in [0.2, 0.25) is 0 Å². The fraction of sp³-hybridized carbons (Fsp3) is 0.211. The molecule has 0 aliphatic carbocycles. The Morgan fingerprint density at radius 2 is 1.71 bits per heavy atom. The average Bonchev–Trinajstić information content (AvgIpc) is 2.68. The minimum atomic E-state index is -0.988. The number of benzene rings is 2. The van der Waals surface area contributed by atoms with Crippen molar-refractivity contribution in [2.24, 2.45) is 0 Å². The maximum atomic E-state index is 12.0. The minimum Gasteiger partial charge on any atom is -0.452 e. The number of ether oxygens (including phenoxy) is 1. The zero-order valence-corrected chi connectivity index (χ0v) is 15.1. The van der Waals surface area contributed by atoms with E-state index < -0.39 is 28.8 Å². The molecule has 0 fully saturated rings. The van der Waals surface area contributed by atoms with Crippen molar-refractivity contribution in [3.63, 3.8) is 0 Å². The van der Waals surface area contributed by atoms with E-state index in [0.29, 0.717) is 5.69 Å². The van der Waals surface area contributed by atoms with E-state index in [4.69, 9.17) is 4.74 Å². The standard InChI is InChI=1S/C19H19N3O6/c1-13(18(24)21-15-5-3-2-4-6-15)28-17(23)11-12-20-19(25)14-7-9-16(10-8-14)22(26)27/h2-10,13H,11-12H2,1H3,(H,20,25)(H,21,24)/t13-/m1/s1. The predicted octanol–water partition coefficient (Wildman–Crippen LogP) is 2.29. The number of esters is 1. The summed E-state index contributed by atoms with van der Waals surface area (Å²) in [7, 11) is 0. The minimum absolute atomic E-state index is 0.00167. The van der Waals surface area contributed by atoms with E-state index in [9.17, 15) is 24.5 Å². The Hall–Kier alpha value is -3.75. The van der Waals surface area contributed by atoms with Gasteiger partial charge in [-0.05, 0) is 31.2 Å². The van der Waals surface area contributed by atoms with Gasteiger partial charge in [0.05, 0.1) is 11.3 Å². The highest BCUT2D eigenvalue weighted by Crippen LogP contribution is 2.11. The molecule has 2 aromatic rings. The topological polar surface area (TPSA) is 128 Å². The first-order valence-corrected chi connectivity index (χ1v) is 8.45. The van der Waals surface area contributed by atoms with E-state index >= 15 is 0 Å². The molecule has 0 aromatic heterocycles. The molecule has 0 heterocycles. The lowest BCUT2D eigenvalue weighted by atomic mass is 10.2. The number of hydrogen-bond donors (Lipinski definition) is 2.